The van der Waals surface area contributed by atoms with Crippen LogP contribution in [0.3, 0.4) is 0 Å². The highest BCUT2D eigenvalue weighted by Crippen LogP contribution is 2.39. The molecule has 30 heavy (non-hydrogen) atoms. The summed E-state index contributed by atoms with van der Waals surface area (Å²) in [5.74, 6) is 0.160. The van der Waals surface area contributed by atoms with E-state index in [4.69, 9.17) is 17.3 Å². The molecule has 1 heterocycles. The van der Waals surface area contributed by atoms with E-state index in [1.165, 1.54) is 6.07 Å². The lowest BCUT2D eigenvalue weighted by molar-refractivity contribution is -0.137. The molecule has 3 aromatic rings. The molecule has 0 aliphatic rings. The molecule has 0 spiro atoms. The van der Waals surface area contributed by atoms with Crippen LogP contribution >= 0.6 is 11.6 Å². The zero-order chi connectivity index (χ0) is 22.1. The predicted octanol–water partition coefficient (Wildman–Crippen LogP) is 5.30. The summed E-state index contributed by atoms with van der Waals surface area (Å²) in [6, 6.07) is 10.0. The number of nitrogens with two attached hydrogens (primary N) is 1. The van der Waals surface area contributed by atoms with Crippen LogP contribution in [0.15, 0.2) is 42.5 Å². The first kappa shape index (κ1) is 22.3. The average molecular weight is 460 g/mol. The Morgan fingerprint density at radius 3 is 2.37 bits per heavy atom. The molecule has 3 rings (SSSR count). The van der Waals surface area contributed by atoms with Crippen molar-refractivity contribution in [3.63, 3.8) is 0 Å². The van der Waals surface area contributed by atoms with E-state index < -0.39 is 21.8 Å². The molecule has 3 N–H and O–H groups in total. The second-order valence-corrected chi connectivity index (χ2v) is 9.00. The van der Waals surface area contributed by atoms with Gasteiger partial charge in [-0.3, -0.25) is 4.72 Å². The number of hydrogen-bond acceptors (Lipinski definition) is 3. The lowest BCUT2D eigenvalue weighted by Crippen LogP contribution is -2.16. The summed E-state index contributed by atoms with van der Waals surface area (Å²) in [5, 5.41) is 0.533. The van der Waals surface area contributed by atoms with E-state index in [1.54, 1.807) is 28.8 Å². The third-order valence-electron chi connectivity index (χ3n) is 4.73. The minimum absolute atomic E-state index is 0.0865. The SMILES string of the molecule is CCn1c(-c2ccc(NS(=O)(=O)CCCCl)cc2)c(N)c2ccc(C(F)(F)F)cc21. The number of halogens is 4. The molecule has 0 saturated carbocycles. The largest absolute Gasteiger partial charge is 0.416 e. The molecule has 5 nitrogen and oxygen atoms in total. The van der Waals surface area contributed by atoms with Gasteiger partial charge in [0.25, 0.3) is 0 Å². The number of benzene rings is 2. The van der Waals surface area contributed by atoms with Crippen molar-refractivity contribution in [1.29, 1.82) is 0 Å². The number of rotatable bonds is 7. The van der Waals surface area contributed by atoms with Crippen molar-refractivity contribution >= 4 is 43.9 Å². The predicted molar refractivity (Wildman–Crippen MR) is 115 cm³/mol. The maximum absolute atomic E-state index is 13.1. The van der Waals surface area contributed by atoms with Gasteiger partial charge in [0.15, 0.2) is 0 Å². The molecule has 0 amide bonds. The highest BCUT2D eigenvalue weighted by atomic mass is 35.5. The van der Waals surface area contributed by atoms with Crippen LogP contribution in [-0.2, 0) is 22.7 Å². The summed E-state index contributed by atoms with van der Waals surface area (Å²) in [6.07, 6.45) is -4.11. The molecule has 0 aliphatic heterocycles. The van der Waals surface area contributed by atoms with Crippen molar-refractivity contribution < 1.29 is 21.6 Å². The molecule has 162 valence electrons. The molecule has 2 aromatic carbocycles. The first-order valence-corrected chi connectivity index (χ1v) is 11.4. The van der Waals surface area contributed by atoms with E-state index in [-0.39, 0.29) is 11.6 Å². The van der Waals surface area contributed by atoms with Crippen molar-refractivity contribution in [3.05, 3.63) is 48.0 Å². The van der Waals surface area contributed by atoms with Crippen molar-refractivity contribution in [3.8, 4) is 11.3 Å². The number of aryl methyl sites for hydroxylation is 1. The fourth-order valence-corrected chi connectivity index (χ4v) is 4.78. The van der Waals surface area contributed by atoms with Crippen LogP contribution in [0.5, 0.6) is 0 Å². The van der Waals surface area contributed by atoms with Crippen LogP contribution in [0.4, 0.5) is 24.5 Å². The Balaban J connectivity index is 2.01. The molecule has 0 radical (unpaired) electrons. The summed E-state index contributed by atoms with van der Waals surface area (Å²) in [4.78, 5) is 0. The van der Waals surface area contributed by atoms with Crippen molar-refractivity contribution in [2.45, 2.75) is 26.1 Å². The van der Waals surface area contributed by atoms with Crippen molar-refractivity contribution in [2.24, 2.45) is 0 Å². The second kappa shape index (κ2) is 8.39. The minimum atomic E-state index is -4.45. The van der Waals surface area contributed by atoms with Crippen LogP contribution in [-0.4, -0.2) is 24.6 Å². The van der Waals surface area contributed by atoms with E-state index in [1.807, 2.05) is 6.92 Å². The molecule has 0 aliphatic carbocycles. The van der Waals surface area contributed by atoms with E-state index in [2.05, 4.69) is 4.72 Å². The Kier molecular flexibility index (Phi) is 6.24. The van der Waals surface area contributed by atoms with Gasteiger partial charge in [-0.1, -0.05) is 18.2 Å². The summed E-state index contributed by atoms with van der Waals surface area (Å²) >= 11 is 5.54. The average Bonchev–Trinajstić information content (AvgIpc) is 2.97. The third kappa shape index (κ3) is 4.52. The number of aromatic nitrogens is 1. The smallest absolute Gasteiger partial charge is 0.396 e. The van der Waals surface area contributed by atoms with Gasteiger partial charge in [0.2, 0.25) is 10.0 Å². The quantitative estimate of drug-likeness (QED) is 0.471. The van der Waals surface area contributed by atoms with Gasteiger partial charge >= 0.3 is 6.18 Å². The van der Waals surface area contributed by atoms with Gasteiger partial charge in [-0.05, 0) is 37.6 Å². The van der Waals surface area contributed by atoms with E-state index in [0.29, 0.717) is 46.5 Å². The fourth-order valence-electron chi connectivity index (χ4n) is 3.36. The number of nitrogens with one attached hydrogen (secondary N) is 1. The van der Waals surface area contributed by atoms with E-state index >= 15 is 0 Å². The zero-order valence-corrected chi connectivity index (χ0v) is 17.7. The molecular weight excluding hydrogens is 439 g/mol. The minimum Gasteiger partial charge on any atom is -0.396 e. The normalized spacial score (nSPS) is 12.4. The van der Waals surface area contributed by atoms with Crippen LogP contribution < -0.4 is 10.5 Å². The van der Waals surface area contributed by atoms with Crippen molar-refractivity contribution in [1.82, 2.24) is 4.57 Å². The van der Waals surface area contributed by atoms with Gasteiger partial charge in [-0.25, -0.2) is 8.42 Å². The molecule has 1 aromatic heterocycles. The monoisotopic (exact) mass is 459 g/mol. The van der Waals surface area contributed by atoms with Gasteiger partial charge in [-0.15, -0.1) is 11.6 Å². The second-order valence-electron chi connectivity index (χ2n) is 6.78. The number of nitrogen functional groups attached to an aromatic ring is 1. The molecule has 0 fully saturated rings. The fraction of sp³-hybridized carbons (Fsp3) is 0.300. The van der Waals surface area contributed by atoms with Crippen LogP contribution in [0.1, 0.15) is 18.9 Å². The summed E-state index contributed by atoms with van der Waals surface area (Å²) in [7, 11) is -3.51. The van der Waals surface area contributed by atoms with Gasteiger partial charge in [-0.2, -0.15) is 13.2 Å². The Bertz CT molecular complexity index is 1160. The van der Waals surface area contributed by atoms with Gasteiger partial charge in [0, 0.05) is 29.1 Å². The molecule has 0 atom stereocenters. The van der Waals surface area contributed by atoms with E-state index in [0.717, 1.165) is 12.1 Å². The van der Waals surface area contributed by atoms with Crippen LogP contribution in [0.25, 0.3) is 22.2 Å². The number of sulfonamides is 1. The number of alkyl halides is 4. The summed E-state index contributed by atoms with van der Waals surface area (Å²) in [5.41, 5.74) is 7.94. The highest BCUT2D eigenvalue weighted by Gasteiger charge is 2.31. The topological polar surface area (TPSA) is 77.1 Å². The first-order valence-electron chi connectivity index (χ1n) is 9.23. The maximum Gasteiger partial charge on any atom is 0.416 e. The molecule has 0 unspecified atom stereocenters. The zero-order valence-electron chi connectivity index (χ0n) is 16.1. The Hall–Kier alpha value is -2.39. The van der Waals surface area contributed by atoms with Gasteiger partial charge < -0.3 is 10.3 Å². The number of nitrogens with zero attached hydrogens (tertiary/aromatic N) is 1. The van der Waals surface area contributed by atoms with Crippen molar-refractivity contribution in [2.75, 3.05) is 22.1 Å². The van der Waals surface area contributed by atoms with Crippen LogP contribution in [0, 0.1) is 0 Å². The molecule has 0 saturated heterocycles. The number of fused-ring (bicyclic) bond motifs is 1. The number of hydrogen-bond donors (Lipinski definition) is 2. The highest BCUT2D eigenvalue weighted by molar-refractivity contribution is 7.92. The van der Waals surface area contributed by atoms with Gasteiger partial charge in [0.1, 0.15) is 0 Å². The molecule has 0 bridgehead atoms. The molecule has 10 heteroatoms. The van der Waals surface area contributed by atoms with Gasteiger partial charge in [0.05, 0.1) is 28.2 Å². The lowest BCUT2D eigenvalue weighted by Gasteiger charge is -2.12. The maximum atomic E-state index is 13.1. The van der Waals surface area contributed by atoms with Crippen LogP contribution in [0.2, 0.25) is 0 Å². The van der Waals surface area contributed by atoms with E-state index in [9.17, 15) is 21.6 Å². The summed E-state index contributed by atoms with van der Waals surface area (Å²) in [6.45, 7) is 2.24. The Morgan fingerprint density at radius 2 is 1.80 bits per heavy atom. The number of anilines is 2. The standard InChI is InChI=1S/C20H21ClF3N3O2S/c1-2-27-17-12-14(20(22,23)24)6-9-16(17)18(25)19(27)13-4-7-15(8-5-13)26-30(28,29)11-3-10-21/h4-9,12,26H,2-3,10-11,25H2,1H3. The third-order valence-corrected chi connectivity index (χ3v) is 6.37. The summed E-state index contributed by atoms with van der Waals surface area (Å²) < 4.78 is 67.6. The first-order chi connectivity index (χ1) is 14.1. The Labute approximate surface area is 177 Å². The Morgan fingerprint density at radius 1 is 1.13 bits per heavy atom. The lowest BCUT2D eigenvalue weighted by atomic mass is 10.1. The molecular formula is C20H21ClF3N3O2S.